The summed E-state index contributed by atoms with van der Waals surface area (Å²) in [5.41, 5.74) is 0.779. The van der Waals surface area contributed by atoms with E-state index in [2.05, 4.69) is 10.2 Å². The molecule has 0 saturated carbocycles. The first-order valence-corrected chi connectivity index (χ1v) is 4.76. The molecule has 0 radical (unpaired) electrons. The number of aromatic nitrogens is 2. The predicted octanol–water partition coefficient (Wildman–Crippen LogP) is 2.95. The van der Waals surface area contributed by atoms with Gasteiger partial charge in [-0.3, -0.25) is 0 Å². The molecule has 0 amide bonds. The molecule has 0 fully saturated rings. The van der Waals surface area contributed by atoms with E-state index in [1.165, 1.54) is 0 Å². The van der Waals surface area contributed by atoms with E-state index in [9.17, 15) is 0 Å². The van der Waals surface area contributed by atoms with Crippen molar-refractivity contribution < 1.29 is 4.42 Å². The number of rotatable bonds is 2. The average Bonchev–Trinajstić information content (AvgIpc) is 2.67. The van der Waals surface area contributed by atoms with Gasteiger partial charge in [-0.25, -0.2) is 0 Å². The van der Waals surface area contributed by atoms with Crippen molar-refractivity contribution in [2.24, 2.45) is 0 Å². The van der Waals surface area contributed by atoms with Crippen LogP contribution in [0, 0.1) is 0 Å². The molecule has 0 saturated heterocycles. The van der Waals surface area contributed by atoms with E-state index >= 15 is 0 Å². The van der Waals surface area contributed by atoms with Crippen molar-refractivity contribution in [1.82, 2.24) is 10.2 Å². The Morgan fingerprint density at radius 1 is 1.29 bits per heavy atom. The van der Waals surface area contributed by atoms with Gasteiger partial charge in [0.2, 0.25) is 11.8 Å². The van der Waals surface area contributed by atoms with Crippen LogP contribution in [-0.4, -0.2) is 10.2 Å². The first-order valence-electron chi connectivity index (χ1n) is 4.38. The topological polar surface area (TPSA) is 38.9 Å². The molecule has 3 nitrogen and oxygen atoms in total. The molecule has 0 aliphatic carbocycles. The smallest absolute Gasteiger partial charge is 0.249 e. The van der Waals surface area contributed by atoms with Crippen LogP contribution in [0.4, 0.5) is 0 Å². The molecule has 1 aromatic carbocycles. The van der Waals surface area contributed by atoms with Gasteiger partial charge in [0.1, 0.15) is 0 Å². The van der Waals surface area contributed by atoms with Crippen LogP contribution in [0.25, 0.3) is 11.5 Å². The third-order valence-electron chi connectivity index (χ3n) is 1.87. The van der Waals surface area contributed by atoms with Crippen molar-refractivity contribution >= 4 is 11.6 Å². The Balaban J connectivity index is 2.44. The molecule has 14 heavy (non-hydrogen) atoms. The minimum absolute atomic E-state index is 0.479. The summed E-state index contributed by atoms with van der Waals surface area (Å²) in [4.78, 5) is 0. The fourth-order valence-corrected chi connectivity index (χ4v) is 1.36. The highest BCUT2D eigenvalue weighted by atomic mass is 35.5. The van der Waals surface area contributed by atoms with Gasteiger partial charge < -0.3 is 4.42 Å². The van der Waals surface area contributed by atoms with Crippen LogP contribution in [-0.2, 0) is 6.42 Å². The Hall–Kier alpha value is -1.35. The lowest BCUT2D eigenvalue weighted by Gasteiger charge is -1.96. The Morgan fingerprint density at radius 2 is 2.07 bits per heavy atom. The molecule has 2 rings (SSSR count). The van der Waals surface area contributed by atoms with E-state index < -0.39 is 0 Å². The maximum Gasteiger partial charge on any atom is 0.249 e. The second-order valence-electron chi connectivity index (χ2n) is 2.83. The van der Waals surface area contributed by atoms with Gasteiger partial charge in [0.05, 0.1) is 10.6 Å². The van der Waals surface area contributed by atoms with Crippen LogP contribution in [0.2, 0.25) is 5.02 Å². The maximum absolute atomic E-state index is 5.98. The van der Waals surface area contributed by atoms with Gasteiger partial charge in [0, 0.05) is 6.42 Å². The van der Waals surface area contributed by atoms with Gasteiger partial charge in [-0.15, -0.1) is 10.2 Å². The largest absolute Gasteiger partial charge is 0.421 e. The van der Waals surface area contributed by atoms with Crippen molar-refractivity contribution in [2.45, 2.75) is 13.3 Å². The van der Waals surface area contributed by atoms with E-state index in [1.54, 1.807) is 6.07 Å². The number of nitrogens with zero attached hydrogens (tertiary/aromatic N) is 2. The van der Waals surface area contributed by atoms with Gasteiger partial charge >= 0.3 is 0 Å². The molecule has 2 aromatic rings. The first-order chi connectivity index (χ1) is 6.81. The average molecular weight is 209 g/mol. The van der Waals surface area contributed by atoms with Gasteiger partial charge in [0.25, 0.3) is 0 Å². The van der Waals surface area contributed by atoms with E-state index in [-0.39, 0.29) is 0 Å². The molecule has 4 heteroatoms. The zero-order chi connectivity index (χ0) is 9.97. The minimum Gasteiger partial charge on any atom is -0.421 e. The number of hydrogen-bond donors (Lipinski definition) is 0. The fourth-order valence-electron chi connectivity index (χ4n) is 1.14. The SMILES string of the molecule is CCc1nnc(-c2ccccc2Cl)o1. The Bertz CT molecular complexity index is 439. The van der Waals surface area contributed by atoms with Crippen molar-refractivity contribution in [1.29, 1.82) is 0 Å². The normalized spacial score (nSPS) is 10.4. The lowest BCUT2D eigenvalue weighted by molar-refractivity contribution is 0.513. The highest BCUT2D eigenvalue weighted by Crippen LogP contribution is 2.25. The number of halogens is 1. The number of hydrogen-bond acceptors (Lipinski definition) is 3. The van der Waals surface area contributed by atoms with Crippen LogP contribution in [0.3, 0.4) is 0 Å². The van der Waals surface area contributed by atoms with Crippen molar-refractivity contribution in [3.05, 3.63) is 35.2 Å². The lowest BCUT2D eigenvalue weighted by atomic mass is 10.2. The van der Waals surface area contributed by atoms with E-state index in [4.69, 9.17) is 16.0 Å². The summed E-state index contributed by atoms with van der Waals surface area (Å²) >= 11 is 5.98. The van der Waals surface area contributed by atoms with Gasteiger partial charge in [0.15, 0.2) is 0 Å². The molecule has 1 aromatic heterocycles. The van der Waals surface area contributed by atoms with E-state index in [0.717, 1.165) is 12.0 Å². The zero-order valence-corrected chi connectivity index (χ0v) is 8.45. The monoisotopic (exact) mass is 208 g/mol. The predicted molar refractivity (Wildman–Crippen MR) is 54.1 cm³/mol. The van der Waals surface area contributed by atoms with Crippen LogP contribution < -0.4 is 0 Å². The molecule has 0 aliphatic rings. The summed E-state index contributed by atoms with van der Waals surface area (Å²) in [6.45, 7) is 1.96. The number of benzene rings is 1. The van der Waals surface area contributed by atoms with Crippen LogP contribution >= 0.6 is 11.6 Å². The summed E-state index contributed by atoms with van der Waals surface area (Å²) in [5.74, 6) is 1.10. The molecular formula is C10H9ClN2O. The molecule has 0 aliphatic heterocycles. The molecular weight excluding hydrogens is 200 g/mol. The Morgan fingerprint density at radius 3 is 2.71 bits per heavy atom. The molecule has 0 unspecified atom stereocenters. The van der Waals surface area contributed by atoms with Crippen LogP contribution in [0.15, 0.2) is 28.7 Å². The van der Waals surface area contributed by atoms with Gasteiger partial charge in [-0.2, -0.15) is 0 Å². The minimum atomic E-state index is 0.479. The Kier molecular flexibility index (Phi) is 2.50. The summed E-state index contributed by atoms with van der Waals surface area (Å²) in [6.07, 6.45) is 0.734. The van der Waals surface area contributed by atoms with Crippen molar-refractivity contribution in [2.75, 3.05) is 0 Å². The molecule has 1 heterocycles. The summed E-state index contributed by atoms with van der Waals surface area (Å²) in [6, 6.07) is 7.40. The van der Waals surface area contributed by atoms with Crippen LogP contribution in [0.5, 0.6) is 0 Å². The van der Waals surface area contributed by atoms with E-state index in [0.29, 0.717) is 16.8 Å². The standard InChI is InChI=1S/C10H9ClN2O/c1-2-9-12-13-10(14-9)7-5-3-4-6-8(7)11/h3-6H,2H2,1H3. The lowest BCUT2D eigenvalue weighted by Crippen LogP contribution is -1.78. The second-order valence-corrected chi connectivity index (χ2v) is 3.24. The highest BCUT2D eigenvalue weighted by molar-refractivity contribution is 6.33. The van der Waals surface area contributed by atoms with Crippen LogP contribution in [0.1, 0.15) is 12.8 Å². The van der Waals surface area contributed by atoms with Gasteiger partial charge in [-0.1, -0.05) is 30.7 Å². The molecule has 0 spiro atoms. The Labute approximate surface area is 86.7 Å². The molecule has 72 valence electrons. The third kappa shape index (κ3) is 1.63. The quantitative estimate of drug-likeness (QED) is 0.762. The van der Waals surface area contributed by atoms with Gasteiger partial charge in [-0.05, 0) is 12.1 Å². The zero-order valence-electron chi connectivity index (χ0n) is 7.70. The highest BCUT2D eigenvalue weighted by Gasteiger charge is 2.09. The third-order valence-corrected chi connectivity index (χ3v) is 2.20. The van der Waals surface area contributed by atoms with Crippen molar-refractivity contribution in [3.63, 3.8) is 0 Å². The molecule has 0 atom stereocenters. The van der Waals surface area contributed by atoms with Crippen molar-refractivity contribution in [3.8, 4) is 11.5 Å². The fraction of sp³-hybridized carbons (Fsp3) is 0.200. The summed E-state index contributed by atoms with van der Waals surface area (Å²) in [5, 5.41) is 8.42. The number of aryl methyl sites for hydroxylation is 1. The summed E-state index contributed by atoms with van der Waals surface area (Å²) < 4.78 is 5.39. The first kappa shape index (κ1) is 9.21. The summed E-state index contributed by atoms with van der Waals surface area (Å²) in [7, 11) is 0. The maximum atomic E-state index is 5.98. The van der Waals surface area contributed by atoms with E-state index in [1.807, 2.05) is 25.1 Å². The second kappa shape index (κ2) is 3.80. The molecule has 0 N–H and O–H groups in total. The molecule has 0 bridgehead atoms.